The number of ether oxygens (including phenoxy) is 1. The molecule has 1 saturated heterocycles. The Morgan fingerprint density at radius 2 is 0.978 bits per heavy atom. The Kier molecular flexibility index (Phi) is 5.64. The Balaban J connectivity index is 1.19. The molecule has 4 aromatic carbocycles. The normalized spacial score (nSPS) is 28.1. The van der Waals surface area contributed by atoms with E-state index in [9.17, 15) is 0 Å². The van der Waals surface area contributed by atoms with Crippen LogP contribution in [0.15, 0.2) is 117 Å². The highest BCUT2D eigenvalue weighted by Gasteiger charge is 2.58. The number of rotatable bonds is 2. The second kappa shape index (κ2) is 9.83. The van der Waals surface area contributed by atoms with Gasteiger partial charge in [0.05, 0.1) is 46.9 Å². The molecule has 6 aliphatic rings. The molecule has 0 amide bonds. The van der Waals surface area contributed by atoms with E-state index in [-0.39, 0.29) is 36.5 Å². The predicted molar refractivity (Wildman–Crippen MR) is 182 cm³/mol. The molecule has 6 atom stereocenters. The summed E-state index contributed by atoms with van der Waals surface area (Å²) < 4.78 is 6.53. The van der Waals surface area contributed by atoms with Gasteiger partial charge in [0.25, 0.3) is 0 Å². The predicted octanol–water partition coefficient (Wildman–Crippen LogP) is 6.64. The molecule has 0 bridgehead atoms. The Labute approximate surface area is 272 Å². The number of fused-ring (bicyclic) bond motifs is 10. The molecule has 10 heteroatoms. The van der Waals surface area contributed by atoms with Crippen LogP contribution in [0.5, 0.6) is 11.5 Å². The van der Waals surface area contributed by atoms with Crippen LogP contribution in [0.2, 0.25) is 0 Å². The van der Waals surface area contributed by atoms with E-state index in [1.165, 1.54) is 21.2 Å². The summed E-state index contributed by atoms with van der Waals surface area (Å²) in [7, 11) is 0. The van der Waals surface area contributed by atoms with E-state index < -0.39 is 0 Å². The lowest BCUT2D eigenvalue weighted by atomic mass is 9.76. The number of nitrogens with one attached hydrogen (secondary N) is 2. The number of amidine groups is 2. The lowest BCUT2D eigenvalue weighted by molar-refractivity contribution is -0.0177. The summed E-state index contributed by atoms with van der Waals surface area (Å²) in [5.74, 6) is 3.87. The second-order valence-electron chi connectivity index (χ2n) is 12.8. The van der Waals surface area contributed by atoms with Crippen molar-refractivity contribution in [2.45, 2.75) is 73.0 Å². The third-order valence-electron chi connectivity index (χ3n) is 10.5. The molecule has 0 radical (unpaired) electrons. The van der Waals surface area contributed by atoms with Gasteiger partial charge in [-0.3, -0.25) is 10.9 Å². The van der Waals surface area contributed by atoms with E-state index in [2.05, 4.69) is 141 Å². The number of para-hydroxylation sites is 6. The average Bonchev–Trinajstić information content (AvgIpc) is 3.68. The summed E-state index contributed by atoms with van der Waals surface area (Å²) in [5.41, 5.74) is 11.7. The molecule has 10 rings (SSSR count). The van der Waals surface area contributed by atoms with Gasteiger partial charge in [-0.25, -0.2) is 0 Å². The number of anilines is 4. The molecule has 4 aromatic rings. The van der Waals surface area contributed by atoms with Crippen molar-refractivity contribution in [1.29, 1.82) is 0 Å². The van der Waals surface area contributed by atoms with Gasteiger partial charge >= 0.3 is 0 Å². The van der Waals surface area contributed by atoms with Crippen LogP contribution in [0, 0.1) is 0 Å². The Bertz CT molecular complexity index is 1720. The molecule has 1 saturated carbocycles. The van der Waals surface area contributed by atoms with Crippen LogP contribution in [0.25, 0.3) is 0 Å². The summed E-state index contributed by atoms with van der Waals surface area (Å²) in [6.07, 6.45) is 1.89. The first-order valence-electron chi connectivity index (χ1n) is 16.1. The van der Waals surface area contributed by atoms with E-state index in [0.717, 1.165) is 47.4 Å². The van der Waals surface area contributed by atoms with E-state index >= 15 is 0 Å². The highest BCUT2D eigenvalue weighted by Crippen LogP contribution is 2.55. The maximum Gasteiger partial charge on any atom is 0.157 e. The molecule has 0 spiro atoms. The van der Waals surface area contributed by atoms with E-state index in [0.29, 0.717) is 0 Å². The zero-order valence-electron chi connectivity index (χ0n) is 25.6. The van der Waals surface area contributed by atoms with Crippen molar-refractivity contribution in [2.75, 3.05) is 9.80 Å². The van der Waals surface area contributed by atoms with Gasteiger partial charge in [0.2, 0.25) is 0 Å². The molecule has 230 valence electrons. The standard InChI is InChI=1S/C36H34N8OS/c1-21-37-39-35-36-40-38-22(2)42(36)28-20-30(44-25-13-5-9-17-33(25)46-34-18-10-6-14-26(34)44)29(19-27(28)41(21)35)43-23-11-3-7-15-31(23)45-32-16-8-4-12-24(32)43/h3-18,27-30,35-36,39-40H,19-20H2,1-2H3. The minimum Gasteiger partial charge on any atom is -0.453 e. The van der Waals surface area contributed by atoms with Crippen LogP contribution in [0.1, 0.15) is 26.7 Å². The van der Waals surface area contributed by atoms with E-state index in [4.69, 9.17) is 14.9 Å². The quantitative estimate of drug-likeness (QED) is 0.257. The molecule has 9 nitrogen and oxygen atoms in total. The molecule has 5 heterocycles. The van der Waals surface area contributed by atoms with Crippen LogP contribution < -0.4 is 25.4 Å². The molecule has 1 aliphatic carbocycles. The Hall–Kier alpha value is -4.83. The highest BCUT2D eigenvalue weighted by molar-refractivity contribution is 7.99. The van der Waals surface area contributed by atoms with Crippen LogP contribution in [-0.4, -0.2) is 58.0 Å². The molecule has 6 unspecified atom stereocenters. The Morgan fingerprint density at radius 1 is 0.565 bits per heavy atom. The van der Waals surface area contributed by atoms with Gasteiger partial charge in [0.1, 0.15) is 11.7 Å². The van der Waals surface area contributed by atoms with Crippen LogP contribution in [-0.2, 0) is 0 Å². The number of nitrogens with zero attached hydrogens (tertiary/aromatic N) is 6. The van der Waals surface area contributed by atoms with Crippen molar-refractivity contribution < 1.29 is 4.74 Å². The average molecular weight is 627 g/mol. The zero-order valence-corrected chi connectivity index (χ0v) is 26.4. The number of hydrogen-bond acceptors (Lipinski definition) is 10. The largest absolute Gasteiger partial charge is 0.453 e. The van der Waals surface area contributed by atoms with Crippen molar-refractivity contribution in [3.63, 3.8) is 0 Å². The zero-order chi connectivity index (χ0) is 30.5. The van der Waals surface area contributed by atoms with E-state index in [1.807, 2.05) is 11.8 Å². The minimum absolute atomic E-state index is 0.0109. The lowest BCUT2D eigenvalue weighted by Crippen LogP contribution is -2.75. The molecule has 5 aliphatic heterocycles. The van der Waals surface area contributed by atoms with Crippen LogP contribution >= 0.6 is 11.8 Å². The van der Waals surface area contributed by atoms with Gasteiger partial charge in [0, 0.05) is 9.79 Å². The van der Waals surface area contributed by atoms with Crippen molar-refractivity contribution in [3.05, 3.63) is 97.1 Å². The van der Waals surface area contributed by atoms with Crippen molar-refractivity contribution >= 4 is 46.2 Å². The number of hydrazone groups is 2. The second-order valence-corrected chi connectivity index (χ2v) is 13.9. The van der Waals surface area contributed by atoms with Crippen LogP contribution in [0.4, 0.5) is 22.7 Å². The molecule has 2 N–H and O–H groups in total. The highest BCUT2D eigenvalue weighted by atomic mass is 32.2. The SMILES string of the molecule is CC1=NNC2C3NN=C(C)N3C3CC(N4c5ccccc5Sc5ccccc54)C(N4c5ccccc5Oc5ccccc54)CC3N12. The summed E-state index contributed by atoms with van der Waals surface area (Å²) in [4.78, 5) is 12.9. The van der Waals surface area contributed by atoms with Gasteiger partial charge in [-0.2, -0.15) is 10.2 Å². The maximum atomic E-state index is 6.53. The van der Waals surface area contributed by atoms with Gasteiger partial charge in [-0.15, -0.1) is 0 Å². The third kappa shape index (κ3) is 3.64. The summed E-state index contributed by atoms with van der Waals surface area (Å²) >= 11 is 1.87. The first-order chi connectivity index (χ1) is 22.7. The smallest absolute Gasteiger partial charge is 0.157 e. The first-order valence-corrected chi connectivity index (χ1v) is 16.9. The van der Waals surface area contributed by atoms with Crippen LogP contribution in [0.3, 0.4) is 0 Å². The van der Waals surface area contributed by atoms with Gasteiger partial charge < -0.3 is 24.3 Å². The summed E-state index contributed by atoms with van der Waals surface area (Å²) in [6, 6.07) is 35.5. The third-order valence-corrected chi connectivity index (χ3v) is 11.7. The number of hydrogen-bond donors (Lipinski definition) is 2. The van der Waals surface area contributed by atoms with Gasteiger partial charge in [-0.05, 0) is 75.2 Å². The first kappa shape index (κ1) is 26.4. The lowest BCUT2D eigenvalue weighted by Gasteiger charge is -2.59. The minimum atomic E-state index is 0.0109. The Morgan fingerprint density at radius 3 is 1.48 bits per heavy atom. The van der Waals surface area contributed by atoms with Gasteiger partial charge in [-0.1, -0.05) is 60.3 Å². The van der Waals surface area contributed by atoms with Crippen molar-refractivity contribution in [1.82, 2.24) is 20.7 Å². The monoisotopic (exact) mass is 626 g/mol. The topological polar surface area (TPSA) is 71.0 Å². The number of benzene rings is 4. The fourth-order valence-electron chi connectivity index (χ4n) is 8.76. The summed E-state index contributed by atoms with van der Waals surface area (Å²) in [6.45, 7) is 4.28. The molecule has 0 aromatic heterocycles. The molecule has 2 fully saturated rings. The molecular weight excluding hydrogens is 593 g/mol. The number of piperazine rings is 1. The van der Waals surface area contributed by atoms with Crippen molar-refractivity contribution in [3.8, 4) is 11.5 Å². The van der Waals surface area contributed by atoms with Crippen molar-refractivity contribution in [2.24, 2.45) is 10.2 Å². The van der Waals surface area contributed by atoms with E-state index in [1.54, 1.807) is 0 Å². The molecule has 46 heavy (non-hydrogen) atoms. The maximum absolute atomic E-state index is 6.53. The molecular formula is C36H34N8OS. The fraction of sp³-hybridized carbons (Fsp3) is 0.278. The van der Waals surface area contributed by atoms with Gasteiger partial charge in [0.15, 0.2) is 23.8 Å². The summed E-state index contributed by atoms with van der Waals surface area (Å²) in [5, 5.41) is 9.53. The fourth-order valence-corrected chi connectivity index (χ4v) is 9.83.